The first-order chi connectivity index (χ1) is 17.9. The minimum atomic E-state index is -0.698. The van der Waals surface area contributed by atoms with Crippen molar-refractivity contribution in [3.05, 3.63) is 65.0 Å². The van der Waals surface area contributed by atoms with Crippen molar-refractivity contribution in [2.24, 2.45) is 0 Å². The lowest BCUT2D eigenvalue weighted by Crippen LogP contribution is -2.44. The Morgan fingerprint density at radius 1 is 1.32 bits per heavy atom. The molecule has 11 heteroatoms. The number of carbonyl (C=O) groups is 2. The smallest absolute Gasteiger partial charge is 0.410 e. The summed E-state index contributed by atoms with van der Waals surface area (Å²) in [5.41, 5.74) is 1.60. The third-order valence-corrected chi connectivity index (χ3v) is 7.21. The summed E-state index contributed by atoms with van der Waals surface area (Å²) < 4.78 is 36.1. The van der Waals surface area contributed by atoms with Gasteiger partial charge in [0.05, 0.1) is 35.2 Å². The molecule has 0 radical (unpaired) electrons. The summed E-state index contributed by atoms with van der Waals surface area (Å²) in [5, 5.41) is 11.7. The highest BCUT2D eigenvalue weighted by molar-refractivity contribution is 7.09. The van der Waals surface area contributed by atoms with Gasteiger partial charge >= 0.3 is 6.09 Å². The predicted molar refractivity (Wildman–Crippen MR) is 132 cm³/mol. The molecule has 0 bridgehead atoms. The van der Waals surface area contributed by atoms with Crippen LogP contribution in [-0.2, 0) is 11.3 Å². The molecule has 3 aromatic rings. The largest absolute Gasteiger partial charge is 0.490 e. The zero-order chi connectivity index (χ0) is 25.9. The number of benzene rings is 2. The Kier molecular flexibility index (Phi) is 6.92. The number of piperidine rings is 1. The van der Waals surface area contributed by atoms with Crippen molar-refractivity contribution in [2.45, 2.75) is 31.5 Å². The number of carbonyl (C=O) groups excluding carboxylic acids is 2. The molecule has 190 valence electrons. The van der Waals surface area contributed by atoms with Gasteiger partial charge in [-0.2, -0.15) is 9.64 Å². The molecule has 9 nitrogen and oxygen atoms in total. The molecular formula is C26H23FN4O5S. The number of hydrogen-bond donors (Lipinski definition) is 1. The summed E-state index contributed by atoms with van der Waals surface area (Å²) in [6, 6.07) is 13.1. The SMILES string of the molecule is COc1cc(-c2cc(F)c(C(=O)NCc3ccc(C#N)cc3)cc2O[C@H]2CCN3C(=O)OC[C@@H]3C2)sn1. The highest BCUT2D eigenvalue weighted by Crippen LogP contribution is 2.38. The molecule has 2 atom stereocenters. The Labute approximate surface area is 216 Å². The quantitative estimate of drug-likeness (QED) is 0.497. The van der Waals surface area contributed by atoms with Crippen LogP contribution in [0.2, 0.25) is 0 Å². The maximum atomic E-state index is 15.2. The number of ether oxygens (including phenoxy) is 3. The van der Waals surface area contributed by atoms with E-state index >= 15 is 4.39 Å². The van der Waals surface area contributed by atoms with Gasteiger partial charge in [-0.05, 0) is 41.4 Å². The molecule has 0 spiro atoms. The summed E-state index contributed by atoms with van der Waals surface area (Å²) in [5.74, 6) is -0.549. The van der Waals surface area contributed by atoms with Crippen LogP contribution in [0.5, 0.6) is 11.6 Å². The van der Waals surface area contributed by atoms with Gasteiger partial charge in [0, 0.05) is 37.6 Å². The number of nitriles is 1. The van der Waals surface area contributed by atoms with Crippen LogP contribution in [0.1, 0.15) is 34.3 Å². The standard InChI is InChI=1S/C26H23FN4O5S/c1-34-24-11-23(37-30-24)20-9-21(27)19(25(32)29-13-16-4-2-15(12-28)3-5-16)10-22(20)36-18-6-7-31-17(8-18)14-35-26(31)33/h2-5,9-11,17-18H,6-8,13-14H2,1H3,(H,29,32)/t17-,18-/m0/s1. The summed E-state index contributed by atoms with van der Waals surface area (Å²) in [7, 11) is 1.50. The summed E-state index contributed by atoms with van der Waals surface area (Å²) in [6.07, 6.45) is 0.580. The number of amides is 2. The Hall–Kier alpha value is -4.17. The highest BCUT2D eigenvalue weighted by Gasteiger charge is 2.39. The summed E-state index contributed by atoms with van der Waals surface area (Å²) in [4.78, 5) is 27.1. The summed E-state index contributed by atoms with van der Waals surface area (Å²) in [6.45, 7) is 0.975. The van der Waals surface area contributed by atoms with E-state index in [0.717, 1.165) is 17.1 Å². The fraction of sp³-hybridized carbons (Fsp3) is 0.308. The molecule has 2 saturated heterocycles. The van der Waals surface area contributed by atoms with Crippen molar-refractivity contribution in [3.8, 4) is 28.1 Å². The Morgan fingerprint density at radius 3 is 2.86 bits per heavy atom. The topological polar surface area (TPSA) is 114 Å². The first-order valence-electron chi connectivity index (χ1n) is 11.7. The van der Waals surface area contributed by atoms with Crippen molar-refractivity contribution < 1.29 is 28.2 Å². The van der Waals surface area contributed by atoms with Crippen LogP contribution in [0, 0.1) is 17.1 Å². The van der Waals surface area contributed by atoms with Crippen LogP contribution in [0.15, 0.2) is 42.5 Å². The number of cyclic esters (lactones) is 1. The third-order valence-electron chi connectivity index (χ3n) is 6.41. The van der Waals surface area contributed by atoms with Crippen LogP contribution < -0.4 is 14.8 Å². The first kappa shape index (κ1) is 24.5. The maximum Gasteiger partial charge on any atom is 0.410 e. The zero-order valence-corrected chi connectivity index (χ0v) is 20.7. The van der Waals surface area contributed by atoms with Gasteiger partial charge in [0.15, 0.2) is 0 Å². The molecule has 2 amide bonds. The lowest BCUT2D eigenvalue weighted by atomic mass is 10.0. The molecule has 1 N–H and O–H groups in total. The molecule has 0 saturated carbocycles. The number of aromatic nitrogens is 1. The Bertz CT molecular complexity index is 1370. The molecule has 5 rings (SSSR count). The first-order valence-corrected chi connectivity index (χ1v) is 12.4. The van der Waals surface area contributed by atoms with Gasteiger partial charge in [-0.3, -0.25) is 4.79 Å². The van der Waals surface area contributed by atoms with Gasteiger partial charge in [0.25, 0.3) is 5.91 Å². The van der Waals surface area contributed by atoms with Gasteiger partial charge in [0.1, 0.15) is 24.3 Å². The fourth-order valence-electron chi connectivity index (χ4n) is 4.42. The van der Waals surface area contributed by atoms with Gasteiger partial charge < -0.3 is 24.4 Å². The van der Waals surface area contributed by atoms with E-state index in [-0.39, 0.29) is 30.3 Å². The van der Waals surface area contributed by atoms with E-state index in [0.29, 0.717) is 53.6 Å². The number of hydrogen-bond acceptors (Lipinski definition) is 8. The van der Waals surface area contributed by atoms with Crippen molar-refractivity contribution in [1.82, 2.24) is 14.6 Å². The molecule has 0 unspecified atom stereocenters. The predicted octanol–water partition coefficient (Wildman–Crippen LogP) is 4.12. The van der Waals surface area contributed by atoms with Crippen LogP contribution in [0.4, 0.5) is 9.18 Å². The third kappa shape index (κ3) is 5.20. The molecule has 2 aromatic carbocycles. The van der Waals surface area contributed by atoms with Crippen LogP contribution in [-0.4, -0.2) is 53.7 Å². The van der Waals surface area contributed by atoms with E-state index in [4.69, 9.17) is 19.5 Å². The number of fused-ring (bicyclic) bond motifs is 1. The van der Waals surface area contributed by atoms with Crippen LogP contribution in [0.3, 0.4) is 0 Å². The van der Waals surface area contributed by atoms with E-state index in [1.54, 1.807) is 35.2 Å². The molecule has 1 aromatic heterocycles. The number of nitrogens with zero attached hydrogens (tertiary/aromatic N) is 3. The lowest BCUT2D eigenvalue weighted by molar-refractivity contribution is 0.0915. The van der Waals surface area contributed by atoms with E-state index in [2.05, 4.69) is 9.69 Å². The second-order valence-electron chi connectivity index (χ2n) is 8.74. The number of rotatable bonds is 7. The van der Waals surface area contributed by atoms with Gasteiger partial charge in [-0.1, -0.05) is 12.1 Å². The summed E-state index contributed by atoms with van der Waals surface area (Å²) >= 11 is 1.13. The van der Waals surface area contributed by atoms with Gasteiger partial charge in [-0.25, -0.2) is 9.18 Å². The number of halogens is 1. The zero-order valence-electron chi connectivity index (χ0n) is 19.9. The van der Waals surface area contributed by atoms with E-state index in [1.165, 1.54) is 19.2 Å². The lowest BCUT2D eigenvalue weighted by Gasteiger charge is -2.33. The van der Waals surface area contributed by atoms with E-state index in [9.17, 15) is 9.59 Å². The van der Waals surface area contributed by atoms with E-state index < -0.39 is 11.7 Å². The van der Waals surface area contributed by atoms with Crippen molar-refractivity contribution >= 4 is 23.5 Å². The molecule has 2 fully saturated rings. The molecule has 37 heavy (non-hydrogen) atoms. The minimum absolute atomic E-state index is 0.0752. The highest BCUT2D eigenvalue weighted by atomic mass is 32.1. The van der Waals surface area contributed by atoms with Gasteiger partial charge in [0.2, 0.25) is 5.88 Å². The molecule has 3 heterocycles. The van der Waals surface area contributed by atoms with Crippen molar-refractivity contribution in [3.63, 3.8) is 0 Å². The Balaban J connectivity index is 1.39. The maximum absolute atomic E-state index is 15.2. The molecule has 2 aliphatic heterocycles. The minimum Gasteiger partial charge on any atom is -0.490 e. The molecule has 0 aliphatic carbocycles. The fourth-order valence-corrected chi connectivity index (χ4v) is 5.15. The van der Waals surface area contributed by atoms with Crippen molar-refractivity contribution in [2.75, 3.05) is 20.3 Å². The monoisotopic (exact) mass is 522 g/mol. The van der Waals surface area contributed by atoms with E-state index in [1.807, 2.05) is 6.07 Å². The number of methoxy groups -OCH3 is 1. The Morgan fingerprint density at radius 2 is 2.14 bits per heavy atom. The molecular weight excluding hydrogens is 499 g/mol. The normalized spacial score (nSPS) is 18.5. The van der Waals surface area contributed by atoms with Crippen LogP contribution >= 0.6 is 11.5 Å². The second kappa shape index (κ2) is 10.4. The number of nitrogens with one attached hydrogen (secondary N) is 1. The second-order valence-corrected chi connectivity index (χ2v) is 9.55. The molecule has 2 aliphatic rings. The average molecular weight is 523 g/mol. The van der Waals surface area contributed by atoms with Crippen molar-refractivity contribution in [1.29, 1.82) is 5.26 Å². The average Bonchev–Trinajstić information content (AvgIpc) is 3.55. The van der Waals surface area contributed by atoms with Gasteiger partial charge in [-0.15, -0.1) is 0 Å². The van der Waals surface area contributed by atoms with Crippen LogP contribution in [0.25, 0.3) is 10.4 Å².